The molecule has 0 radical (unpaired) electrons. The van der Waals surface area contributed by atoms with Gasteiger partial charge >= 0.3 is 12.3 Å². The number of rotatable bonds is 5. The fourth-order valence-corrected chi connectivity index (χ4v) is 1.79. The molecule has 0 spiro atoms. The highest BCUT2D eigenvalue weighted by Gasteiger charge is 2.17. The topological polar surface area (TPSA) is 71.1 Å². The van der Waals surface area contributed by atoms with Gasteiger partial charge in [-0.1, -0.05) is 36.4 Å². The molecule has 2 rings (SSSR count). The minimum absolute atomic E-state index is 0.124. The van der Waals surface area contributed by atoms with Crippen molar-refractivity contribution < 1.29 is 28.5 Å². The summed E-state index contributed by atoms with van der Waals surface area (Å²) < 4.78 is 19.9. The first kappa shape index (κ1) is 16.6. The van der Waals surface area contributed by atoms with Crippen LogP contribution in [0.4, 0.5) is 9.59 Å². The fraction of sp³-hybridized carbons (Fsp3) is 0.294. The summed E-state index contributed by atoms with van der Waals surface area (Å²) in [6.07, 6.45) is 5.30. The van der Waals surface area contributed by atoms with Gasteiger partial charge in [0.05, 0.1) is 0 Å². The zero-order chi connectivity index (χ0) is 16.5. The number of ether oxygens (including phenoxy) is 4. The summed E-state index contributed by atoms with van der Waals surface area (Å²) in [6, 6.07) is 8.53. The number of allylic oxidation sites excluding steroid dienone is 2. The van der Waals surface area contributed by atoms with Crippen LogP contribution >= 0.6 is 0 Å². The van der Waals surface area contributed by atoms with Gasteiger partial charge in [-0.25, -0.2) is 9.59 Å². The Hall–Kier alpha value is -2.76. The van der Waals surface area contributed by atoms with Crippen molar-refractivity contribution in [1.29, 1.82) is 0 Å². The molecule has 122 valence electrons. The van der Waals surface area contributed by atoms with E-state index in [1.165, 1.54) is 0 Å². The van der Waals surface area contributed by atoms with Gasteiger partial charge in [-0.3, -0.25) is 0 Å². The van der Waals surface area contributed by atoms with E-state index in [1.807, 2.05) is 12.2 Å². The average molecular weight is 318 g/mol. The molecule has 23 heavy (non-hydrogen) atoms. The van der Waals surface area contributed by atoms with E-state index in [0.717, 1.165) is 0 Å². The minimum Gasteiger partial charge on any atom is -0.430 e. The van der Waals surface area contributed by atoms with Crippen LogP contribution in [-0.4, -0.2) is 31.1 Å². The number of hydrogen-bond acceptors (Lipinski definition) is 6. The van der Waals surface area contributed by atoms with Crippen molar-refractivity contribution in [3.8, 4) is 5.75 Å². The van der Waals surface area contributed by atoms with Gasteiger partial charge in [-0.05, 0) is 25.1 Å². The van der Waals surface area contributed by atoms with Crippen LogP contribution in [0.2, 0.25) is 0 Å². The van der Waals surface area contributed by atoms with Crippen LogP contribution in [0.5, 0.6) is 5.75 Å². The van der Waals surface area contributed by atoms with E-state index < -0.39 is 18.4 Å². The summed E-state index contributed by atoms with van der Waals surface area (Å²) in [5, 5.41) is 0. The zero-order valence-electron chi connectivity index (χ0n) is 12.7. The molecule has 0 saturated carbocycles. The molecule has 2 atom stereocenters. The maximum atomic E-state index is 11.6. The van der Waals surface area contributed by atoms with E-state index in [0.29, 0.717) is 12.2 Å². The van der Waals surface area contributed by atoms with Gasteiger partial charge in [0.2, 0.25) is 0 Å². The van der Waals surface area contributed by atoms with Crippen molar-refractivity contribution in [2.45, 2.75) is 25.6 Å². The SMILES string of the molecule is CC(COC(=O)Oc1ccccc1)OC(=O)OC1C=CC=CC1. The van der Waals surface area contributed by atoms with Gasteiger partial charge in [0, 0.05) is 6.42 Å². The maximum Gasteiger partial charge on any atom is 0.513 e. The molecular weight excluding hydrogens is 300 g/mol. The van der Waals surface area contributed by atoms with Gasteiger partial charge in [0.1, 0.15) is 24.6 Å². The Labute approximate surface area is 134 Å². The minimum atomic E-state index is -0.861. The van der Waals surface area contributed by atoms with E-state index in [4.69, 9.17) is 18.9 Å². The number of carbonyl (C=O) groups excluding carboxylic acids is 2. The van der Waals surface area contributed by atoms with Crippen molar-refractivity contribution in [1.82, 2.24) is 0 Å². The van der Waals surface area contributed by atoms with Gasteiger partial charge in [0.15, 0.2) is 0 Å². The predicted octanol–water partition coefficient (Wildman–Crippen LogP) is 3.63. The Morgan fingerprint density at radius 2 is 1.96 bits per heavy atom. The van der Waals surface area contributed by atoms with Crippen LogP contribution in [0.25, 0.3) is 0 Å². The van der Waals surface area contributed by atoms with Crippen molar-refractivity contribution in [3.63, 3.8) is 0 Å². The summed E-state index contributed by atoms with van der Waals surface area (Å²) in [6.45, 7) is 1.47. The third-order valence-corrected chi connectivity index (χ3v) is 2.87. The lowest BCUT2D eigenvalue weighted by Gasteiger charge is -2.17. The highest BCUT2D eigenvalue weighted by atomic mass is 16.8. The van der Waals surface area contributed by atoms with Crippen molar-refractivity contribution in [2.24, 2.45) is 0 Å². The van der Waals surface area contributed by atoms with Crippen molar-refractivity contribution >= 4 is 12.3 Å². The molecular formula is C17H18O6. The first-order valence-electron chi connectivity index (χ1n) is 7.24. The molecule has 0 aliphatic heterocycles. The van der Waals surface area contributed by atoms with E-state index >= 15 is 0 Å². The third-order valence-electron chi connectivity index (χ3n) is 2.87. The third kappa shape index (κ3) is 6.25. The summed E-state index contributed by atoms with van der Waals surface area (Å²) >= 11 is 0. The molecule has 0 aromatic heterocycles. The first-order valence-corrected chi connectivity index (χ1v) is 7.24. The predicted molar refractivity (Wildman–Crippen MR) is 82.1 cm³/mol. The molecule has 1 aliphatic carbocycles. The zero-order valence-corrected chi connectivity index (χ0v) is 12.7. The second-order valence-corrected chi connectivity index (χ2v) is 4.86. The van der Waals surface area contributed by atoms with Gasteiger partial charge < -0.3 is 18.9 Å². The lowest BCUT2D eigenvalue weighted by molar-refractivity contribution is -0.0107. The second kappa shape index (κ2) is 8.63. The summed E-state index contributed by atoms with van der Waals surface area (Å²) in [5.41, 5.74) is 0. The normalized spacial score (nSPS) is 17.2. The molecule has 0 heterocycles. The number of para-hydroxylation sites is 1. The van der Waals surface area contributed by atoms with Crippen LogP contribution in [0.15, 0.2) is 54.6 Å². The standard InChI is InChI=1S/C17H18O6/c1-13(21-17(19)23-15-10-6-3-7-11-15)12-20-16(18)22-14-8-4-2-5-9-14/h2-10,13,15H,11-12H2,1H3. The Balaban J connectivity index is 1.65. The van der Waals surface area contributed by atoms with E-state index in [-0.39, 0.29) is 12.7 Å². The Kier molecular flexibility index (Phi) is 6.23. The van der Waals surface area contributed by atoms with Crippen molar-refractivity contribution in [3.05, 3.63) is 54.6 Å². The Bertz CT molecular complexity index is 578. The molecule has 1 aromatic carbocycles. The average Bonchev–Trinajstić information content (AvgIpc) is 2.55. The van der Waals surface area contributed by atoms with Gasteiger partial charge in [-0.15, -0.1) is 0 Å². The van der Waals surface area contributed by atoms with E-state index in [2.05, 4.69) is 0 Å². The molecule has 1 aromatic rings. The smallest absolute Gasteiger partial charge is 0.430 e. The molecule has 0 bridgehead atoms. The van der Waals surface area contributed by atoms with Gasteiger partial charge in [0.25, 0.3) is 0 Å². The summed E-state index contributed by atoms with van der Waals surface area (Å²) in [5.74, 6) is 0.377. The monoisotopic (exact) mass is 318 g/mol. The van der Waals surface area contributed by atoms with Gasteiger partial charge in [-0.2, -0.15) is 0 Å². The first-order chi connectivity index (χ1) is 11.1. The molecule has 0 saturated heterocycles. The van der Waals surface area contributed by atoms with Crippen LogP contribution < -0.4 is 4.74 Å². The van der Waals surface area contributed by atoms with E-state index in [9.17, 15) is 9.59 Å². The quantitative estimate of drug-likeness (QED) is 0.610. The highest BCUT2D eigenvalue weighted by Crippen LogP contribution is 2.11. The molecule has 0 amide bonds. The number of hydrogen-bond donors (Lipinski definition) is 0. The van der Waals surface area contributed by atoms with Crippen LogP contribution in [0.3, 0.4) is 0 Å². The molecule has 0 fully saturated rings. The van der Waals surface area contributed by atoms with Crippen molar-refractivity contribution in [2.75, 3.05) is 6.61 Å². The van der Waals surface area contributed by atoms with Crippen LogP contribution in [0.1, 0.15) is 13.3 Å². The molecule has 0 N–H and O–H groups in total. The second-order valence-electron chi connectivity index (χ2n) is 4.86. The molecule has 1 aliphatic rings. The Morgan fingerprint density at radius 3 is 2.65 bits per heavy atom. The van der Waals surface area contributed by atoms with Crippen LogP contribution in [-0.2, 0) is 14.2 Å². The Morgan fingerprint density at radius 1 is 1.17 bits per heavy atom. The maximum absolute atomic E-state index is 11.6. The summed E-state index contributed by atoms with van der Waals surface area (Å²) in [7, 11) is 0. The molecule has 6 nitrogen and oxygen atoms in total. The molecule has 2 unspecified atom stereocenters. The lowest BCUT2D eigenvalue weighted by atomic mass is 10.1. The largest absolute Gasteiger partial charge is 0.513 e. The summed E-state index contributed by atoms with van der Waals surface area (Å²) in [4.78, 5) is 23.1. The number of carbonyl (C=O) groups is 2. The van der Waals surface area contributed by atoms with E-state index in [1.54, 1.807) is 49.4 Å². The number of benzene rings is 1. The van der Waals surface area contributed by atoms with Crippen LogP contribution in [0, 0.1) is 0 Å². The fourth-order valence-electron chi connectivity index (χ4n) is 1.79. The highest BCUT2D eigenvalue weighted by molar-refractivity contribution is 5.64. The lowest BCUT2D eigenvalue weighted by Crippen LogP contribution is -2.26. The molecule has 6 heteroatoms.